The molecule has 1 unspecified atom stereocenters. The lowest BCUT2D eigenvalue weighted by Crippen LogP contribution is -2.07. The van der Waals surface area contributed by atoms with Crippen LogP contribution < -0.4 is 0 Å². The van der Waals surface area contributed by atoms with Crippen LogP contribution in [0.15, 0.2) is 0 Å². The molecule has 7 heteroatoms. The zero-order chi connectivity index (χ0) is 12.9. The van der Waals surface area contributed by atoms with Crippen LogP contribution in [0.5, 0.6) is 0 Å². The summed E-state index contributed by atoms with van der Waals surface area (Å²) in [5.41, 5.74) is 0. The third-order valence-corrected chi connectivity index (χ3v) is 7.51. The van der Waals surface area contributed by atoms with E-state index in [1.807, 2.05) is 0 Å². The molecule has 3 N–H and O–H groups in total. The fourth-order valence-electron chi connectivity index (χ4n) is 2.46. The van der Waals surface area contributed by atoms with E-state index in [9.17, 15) is 14.0 Å². The Morgan fingerprint density at radius 1 is 1.00 bits per heavy atom. The summed E-state index contributed by atoms with van der Waals surface area (Å²) < 4.78 is 22.2. The Labute approximate surface area is 102 Å². The average molecular weight is 284 g/mol. The second-order valence-corrected chi connectivity index (χ2v) is 9.62. The van der Waals surface area contributed by atoms with Crippen LogP contribution in [-0.4, -0.2) is 26.7 Å². The zero-order valence-corrected chi connectivity index (χ0v) is 11.8. The van der Waals surface area contributed by atoms with E-state index in [0.717, 1.165) is 6.42 Å². The van der Waals surface area contributed by atoms with Gasteiger partial charge >= 0.3 is 7.60 Å². The van der Waals surface area contributed by atoms with Gasteiger partial charge < -0.3 is 14.7 Å². The maximum atomic E-state index is 11.5. The Morgan fingerprint density at radius 2 is 1.59 bits per heavy atom. The molecule has 1 aliphatic carbocycles. The lowest BCUT2D eigenvalue weighted by atomic mass is 9.86. The van der Waals surface area contributed by atoms with Crippen LogP contribution in [0.4, 0.5) is 0 Å². The highest BCUT2D eigenvalue weighted by molar-refractivity contribution is 7.72. The highest BCUT2D eigenvalue weighted by atomic mass is 31.2. The standard InChI is InChI=1S/C10H22O5P2/c11-16(12,9-17(13,14)15)8-4-7-10-5-2-1-3-6-10/h10H,1-9H2,(H,11,12)(H2,13,14,15). The van der Waals surface area contributed by atoms with E-state index in [1.54, 1.807) is 0 Å². The number of hydrogen-bond donors (Lipinski definition) is 3. The van der Waals surface area contributed by atoms with Gasteiger partial charge in [-0.3, -0.25) is 9.13 Å². The van der Waals surface area contributed by atoms with E-state index < -0.39 is 20.9 Å². The van der Waals surface area contributed by atoms with Gasteiger partial charge in [-0.1, -0.05) is 32.1 Å². The van der Waals surface area contributed by atoms with Gasteiger partial charge in [0.15, 0.2) is 0 Å². The van der Waals surface area contributed by atoms with Crippen LogP contribution in [0.25, 0.3) is 0 Å². The molecule has 102 valence electrons. The van der Waals surface area contributed by atoms with Crippen molar-refractivity contribution in [2.75, 3.05) is 12.1 Å². The van der Waals surface area contributed by atoms with Crippen molar-refractivity contribution in [2.45, 2.75) is 44.9 Å². The van der Waals surface area contributed by atoms with E-state index in [0.29, 0.717) is 12.3 Å². The Bertz CT molecular complexity index is 319. The van der Waals surface area contributed by atoms with Crippen LogP contribution in [0, 0.1) is 5.92 Å². The summed E-state index contributed by atoms with van der Waals surface area (Å²) in [5.74, 6) is -0.233. The molecule has 1 rings (SSSR count). The predicted molar refractivity (Wildman–Crippen MR) is 67.4 cm³/mol. The average Bonchev–Trinajstić information content (AvgIpc) is 2.15. The molecular formula is C10H22O5P2. The normalized spacial score (nSPS) is 22.3. The van der Waals surface area contributed by atoms with Crippen molar-refractivity contribution in [3.05, 3.63) is 0 Å². The summed E-state index contributed by atoms with van der Waals surface area (Å²) >= 11 is 0. The van der Waals surface area contributed by atoms with Crippen LogP contribution in [0.1, 0.15) is 44.9 Å². The highest BCUT2D eigenvalue weighted by Gasteiger charge is 2.29. The van der Waals surface area contributed by atoms with Crippen LogP contribution in [-0.2, 0) is 9.13 Å². The topological polar surface area (TPSA) is 94.8 Å². The largest absolute Gasteiger partial charge is 0.344 e. The highest BCUT2D eigenvalue weighted by Crippen LogP contribution is 2.55. The first-order valence-electron chi connectivity index (χ1n) is 6.14. The minimum absolute atomic E-state index is 0.0363. The molecular weight excluding hydrogens is 262 g/mol. The first-order valence-corrected chi connectivity index (χ1v) is 9.97. The molecule has 0 heterocycles. The second-order valence-electron chi connectivity index (χ2n) is 5.02. The van der Waals surface area contributed by atoms with Gasteiger partial charge in [-0.25, -0.2) is 0 Å². The van der Waals surface area contributed by atoms with Crippen molar-refractivity contribution in [3.63, 3.8) is 0 Å². The van der Waals surface area contributed by atoms with Crippen LogP contribution in [0.2, 0.25) is 0 Å². The Hall–Kier alpha value is 0.340. The van der Waals surface area contributed by atoms with Gasteiger partial charge in [0.2, 0.25) is 7.37 Å². The van der Waals surface area contributed by atoms with Crippen LogP contribution in [0.3, 0.4) is 0 Å². The quantitative estimate of drug-likeness (QED) is 0.652. The van der Waals surface area contributed by atoms with Gasteiger partial charge in [0.25, 0.3) is 0 Å². The van der Waals surface area contributed by atoms with Gasteiger partial charge in [-0.15, -0.1) is 0 Å². The van der Waals surface area contributed by atoms with Gasteiger partial charge in [-0.2, -0.15) is 0 Å². The third-order valence-electron chi connectivity index (χ3n) is 3.25. The predicted octanol–water partition coefficient (Wildman–Crippen LogP) is 2.75. The van der Waals surface area contributed by atoms with Crippen molar-refractivity contribution in [3.8, 4) is 0 Å². The SMILES string of the molecule is O=P(O)(O)CP(=O)(O)CCCC1CCCCC1. The van der Waals surface area contributed by atoms with Gasteiger partial charge in [-0.05, 0) is 18.8 Å². The first-order chi connectivity index (χ1) is 7.79. The molecule has 1 fully saturated rings. The molecule has 1 aliphatic rings. The Kier molecular flexibility index (Phi) is 5.88. The number of rotatable bonds is 6. The molecule has 17 heavy (non-hydrogen) atoms. The summed E-state index contributed by atoms with van der Waals surface area (Å²) in [6.45, 7) is 0. The van der Waals surface area contributed by atoms with E-state index in [1.165, 1.54) is 32.1 Å². The Morgan fingerprint density at radius 3 is 2.12 bits per heavy atom. The fourth-order valence-corrected chi connectivity index (χ4v) is 6.01. The molecule has 1 saturated carbocycles. The second kappa shape index (κ2) is 6.49. The van der Waals surface area contributed by atoms with E-state index >= 15 is 0 Å². The molecule has 5 nitrogen and oxygen atoms in total. The summed E-state index contributed by atoms with van der Waals surface area (Å²) in [7, 11) is -8.02. The molecule has 0 saturated heterocycles. The molecule has 0 aromatic heterocycles. The molecule has 1 atom stereocenters. The molecule has 0 bridgehead atoms. The zero-order valence-electron chi connectivity index (χ0n) is 9.99. The summed E-state index contributed by atoms with van der Waals surface area (Å²) in [6.07, 6.45) is 7.68. The lowest BCUT2D eigenvalue weighted by Gasteiger charge is -2.21. The van der Waals surface area contributed by atoms with E-state index in [4.69, 9.17) is 9.79 Å². The minimum atomic E-state index is -4.37. The van der Waals surface area contributed by atoms with E-state index in [2.05, 4.69) is 0 Å². The lowest BCUT2D eigenvalue weighted by molar-refractivity contribution is 0.335. The third kappa shape index (κ3) is 7.38. The fraction of sp³-hybridized carbons (Fsp3) is 1.00. The number of hydrogen-bond acceptors (Lipinski definition) is 2. The summed E-state index contributed by atoms with van der Waals surface area (Å²) in [4.78, 5) is 26.8. The summed E-state index contributed by atoms with van der Waals surface area (Å²) in [6, 6.07) is 0. The Balaban J connectivity index is 2.24. The molecule has 0 aliphatic heterocycles. The van der Waals surface area contributed by atoms with Crippen molar-refractivity contribution < 1.29 is 23.8 Å². The minimum Gasteiger partial charge on any atom is -0.344 e. The maximum Gasteiger partial charge on any atom is 0.335 e. The smallest absolute Gasteiger partial charge is 0.335 e. The molecule has 0 aromatic carbocycles. The monoisotopic (exact) mass is 284 g/mol. The van der Waals surface area contributed by atoms with Crippen LogP contribution >= 0.6 is 15.0 Å². The molecule has 0 radical (unpaired) electrons. The molecule has 0 aromatic rings. The van der Waals surface area contributed by atoms with Crippen molar-refractivity contribution in [1.82, 2.24) is 0 Å². The van der Waals surface area contributed by atoms with Gasteiger partial charge in [0.05, 0.1) is 0 Å². The van der Waals surface area contributed by atoms with Crippen molar-refractivity contribution >= 4 is 15.0 Å². The van der Waals surface area contributed by atoms with E-state index in [-0.39, 0.29) is 6.16 Å². The van der Waals surface area contributed by atoms with Crippen molar-refractivity contribution in [1.29, 1.82) is 0 Å². The molecule has 0 amide bonds. The summed E-state index contributed by atoms with van der Waals surface area (Å²) in [5, 5.41) is 0. The van der Waals surface area contributed by atoms with Gasteiger partial charge in [0.1, 0.15) is 5.90 Å². The molecule has 0 spiro atoms. The first kappa shape index (κ1) is 15.4. The maximum absolute atomic E-state index is 11.5. The van der Waals surface area contributed by atoms with Crippen molar-refractivity contribution in [2.24, 2.45) is 5.92 Å². The van der Waals surface area contributed by atoms with Gasteiger partial charge in [0, 0.05) is 6.16 Å².